The maximum absolute atomic E-state index is 4.75. The van der Waals surface area contributed by atoms with Crippen LogP contribution in [0.5, 0.6) is 0 Å². The molecule has 0 atom stereocenters. The van der Waals surface area contributed by atoms with Crippen LogP contribution in [0.1, 0.15) is 0 Å². The van der Waals surface area contributed by atoms with Crippen LogP contribution in [0.2, 0.25) is 0 Å². The van der Waals surface area contributed by atoms with E-state index in [1.807, 2.05) is 0 Å². The van der Waals surface area contributed by atoms with Gasteiger partial charge in [0.05, 0.1) is 0 Å². The quantitative estimate of drug-likeness (QED) is 0.204. The molecule has 4 N–H and O–H groups in total. The van der Waals surface area contributed by atoms with E-state index in [1.165, 1.54) is 0 Å². The van der Waals surface area contributed by atoms with Crippen molar-refractivity contribution >= 4 is 20.7 Å². The minimum atomic E-state index is 0.292. The summed E-state index contributed by atoms with van der Waals surface area (Å²) in [4.78, 5) is 0. The molecule has 0 aromatic heterocycles. The van der Waals surface area contributed by atoms with E-state index in [2.05, 4.69) is 16.0 Å². The predicted molar refractivity (Wildman–Crippen MR) is 16.9 cm³/mol. The number of rotatable bonds is 0. The Morgan fingerprint density at radius 2 is 2.00 bits per heavy atom. The van der Waals surface area contributed by atoms with E-state index in [0.29, 0.717) is 4.73 Å². The summed E-state index contributed by atoms with van der Waals surface area (Å²) in [6.07, 6.45) is 0. The van der Waals surface area contributed by atoms with Gasteiger partial charge in [0.2, 0.25) is 0 Å². The van der Waals surface area contributed by atoms with Gasteiger partial charge in [0, 0.05) is 0 Å². The molecular weight excluding hydrogens is 119 g/mol. The topological polar surface area (TPSA) is 51.6 Å². The third-order valence-corrected chi connectivity index (χ3v) is 0. The summed E-state index contributed by atoms with van der Waals surface area (Å²) < 4.78 is 0.292. The average Bonchev–Trinajstić information content (AvgIpc) is 0.811. The van der Waals surface area contributed by atoms with Gasteiger partial charge in [-0.1, -0.05) is 0 Å². The van der Waals surface area contributed by atoms with E-state index in [9.17, 15) is 0 Å². The fourth-order valence-electron chi connectivity index (χ4n) is 0. The summed E-state index contributed by atoms with van der Waals surface area (Å²) >= 11 is 2.38. The molecule has 0 aromatic carbocycles. The molecule has 2 nitrogen and oxygen atoms in total. The Balaban J connectivity index is 2.80. The SMILES string of the molecule is NC(=[NH2+])[Se]. The molecule has 0 spiro atoms. The van der Waals surface area contributed by atoms with Crippen molar-refractivity contribution in [2.45, 2.75) is 0 Å². The van der Waals surface area contributed by atoms with Gasteiger partial charge in [0.15, 0.2) is 0 Å². The van der Waals surface area contributed by atoms with Gasteiger partial charge in [-0.05, 0) is 0 Å². The van der Waals surface area contributed by atoms with E-state index in [1.54, 1.807) is 0 Å². The number of nitrogens with two attached hydrogens (primary N) is 2. The molecule has 0 aliphatic rings. The molecule has 0 saturated carbocycles. The van der Waals surface area contributed by atoms with Crippen LogP contribution < -0.4 is 11.1 Å². The summed E-state index contributed by atoms with van der Waals surface area (Å²) in [6, 6.07) is 0. The van der Waals surface area contributed by atoms with E-state index in [0.717, 1.165) is 0 Å². The average molecular weight is 123 g/mol. The first-order valence-corrected chi connectivity index (χ1v) is 1.64. The van der Waals surface area contributed by atoms with Gasteiger partial charge in [-0.25, -0.2) is 0 Å². The molecular formula is CH4N2Se+. The monoisotopic (exact) mass is 124 g/mol. The Morgan fingerprint density at radius 1 is 2.00 bits per heavy atom. The van der Waals surface area contributed by atoms with Crippen molar-refractivity contribution in [3.05, 3.63) is 0 Å². The van der Waals surface area contributed by atoms with E-state index >= 15 is 0 Å². The second kappa shape index (κ2) is 1.32. The third kappa shape index (κ3) is 17600. The zero-order valence-corrected chi connectivity index (χ0v) is 3.78. The van der Waals surface area contributed by atoms with Gasteiger partial charge in [-0.3, -0.25) is 0 Å². The molecule has 0 bridgehead atoms. The zero-order chi connectivity index (χ0) is 3.58. The van der Waals surface area contributed by atoms with E-state index < -0.39 is 0 Å². The number of amidine groups is 1. The number of hydrogen-bond acceptors (Lipinski definition) is 0. The molecule has 0 aliphatic heterocycles. The molecule has 0 saturated heterocycles. The van der Waals surface area contributed by atoms with Crippen LogP contribution in [0, 0.1) is 0 Å². The first-order valence-electron chi connectivity index (χ1n) is 0.781. The molecule has 1 radical (unpaired) electrons. The predicted octanol–water partition coefficient (Wildman–Crippen LogP) is -2.77. The Morgan fingerprint density at radius 3 is 2.00 bits per heavy atom. The molecule has 0 fully saturated rings. The maximum atomic E-state index is 4.75. The van der Waals surface area contributed by atoms with Crippen LogP contribution in [0.15, 0.2) is 0 Å². The minimum absolute atomic E-state index is 0.292. The van der Waals surface area contributed by atoms with Crippen molar-refractivity contribution in [2.75, 3.05) is 0 Å². The Bertz CT molecular complexity index is 29.0. The molecule has 0 heterocycles. The molecule has 0 rings (SSSR count). The summed E-state index contributed by atoms with van der Waals surface area (Å²) in [5, 5.41) is 4.75. The van der Waals surface area contributed by atoms with Gasteiger partial charge in [0.25, 0.3) is 0 Å². The molecule has 23 valence electrons. The first kappa shape index (κ1) is 3.99. The fourth-order valence-corrected chi connectivity index (χ4v) is 0. The third-order valence-electron chi connectivity index (χ3n) is 0. The van der Waals surface area contributed by atoms with E-state index in [4.69, 9.17) is 11.1 Å². The Hall–Kier alpha value is -0.0105. The Labute approximate surface area is 32.7 Å². The zero-order valence-electron chi connectivity index (χ0n) is 2.06. The summed E-state index contributed by atoms with van der Waals surface area (Å²) in [7, 11) is 0. The Kier molecular flexibility index (Phi) is 1.32. The normalized spacial score (nSPS) is 6.00. The first-order chi connectivity index (χ1) is 1.73. The van der Waals surface area contributed by atoms with E-state index in [-0.39, 0.29) is 0 Å². The van der Waals surface area contributed by atoms with Crippen molar-refractivity contribution in [3.8, 4) is 0 Å². The van der Waals surface area contributed by atoms with Crippen molar-refractivity contribution < 1.29 is 5.41 Å². The van der Waals surface area contributed by atoms with Crippen molar-refractivity contribution in [3.63, 3.8) is 0 Å². The summed E-state index contributed by atoms with van der Waals surface area (Å²) in [5.41, 5.74) is 4.75. The van der Waals surface area contributed by atoms with Crippen LogP contribution >= 0.6 is 0 Å². The van der Waals surface area contributed by atoms with Crippen molar-refractivity contribution in [2.24, 2.45) is 5.73 Å². The second-order valence-corrected chi connectivity index (χ2v) is 1.39. The molecule has 0 amide bonds. The second-order valence-electron chi connectivity index (χ2n) is 0.402. The van der Waals surface area contributed by atoms with Crippen LogP contribution in [-0.4, -0.2) is 20.7 Å². The fraction of sp³-hybridized carbons (Fsp3) is 0. The number of hydrogen-bond donors (Lipinski definition) is 2. The van der Waals surface area contributed by atoms with Gasteiger partial charge in [0.1, 0.15) is 0 Å². The van der Waals surface area contributed by atoms with Crippen LogP contribution in [0.4, 0.5) is 0 Å². The van der Waals surface area contributed by atoms with Crippen LogP contribution in [0.3, 0.4) is 0 Å². The molecule has 4 heavy (non-hydrogen) atoms. The van der Waals surface area contributed by atoms with Gasteiger partial charge in [-0.2, -0.15) is 0 Å². The molecule has 0 unspecified atom stereocenters. The summed E-state index contributed by atoms with van der Waals surface area (Å²) in [6.45, 7) is 0. The van der Waals surface area contributed by atoms with Crippen LogP contribution in [-0.2, 0) is 0 Å². The standard InChI is InChI=1S/CH3N2Se/c2-1(3)4/h(H3,2,3)/p+1. The van der Waals surface area contributed by atoms with Crippen molar-refractivity contribution in [1.82, 2.24) is 0 Å². The van der Waals surface area contributed by atoms with Gasteiger partial charge < -0.3 is 0 Å². The summed E-state index contributed by atoms with van der Waals surface area (Å²) in [5.74, 6) is 0. The van der Waals surface area contributed by atoms with Crippen LogP contribution in [0.25, 0.3) is 0 Å². The molecule has 0 aliphatic carbocycles. The van der Waals surface area contributed by atoms with Gasteiger partial charge >= 0.3 is 31.9 Å². The van der Waals surface area contributed by atoms with Crippen molar-refractivity contribution in [1.29, 1.82) is 0 Å². The van der Waals surface area contributed by atoms with Gasteiger partial charge in [-0.15, -0.1) is 0 Å². The molecule has 0 aromatic rings. The molecule has 3 heteroatoms.